The smallest absolute Gasteiger partial charge is 0.277 e. The Hall–Kier alpha value is -1.92. The zero-order chi connectivity index (χ0) is 14.7. The molecule has 2 N–H and O–H groups in total. The molecule has 20 heavy (non-hydrogen) atoms. The molecule has 1 saturated heterocycles. The topological polar surface area (TPSA) is 78.9 Å². The summed E-state index contributed by atoms with van der Waals surface area (Å²) in [4.78, 5) is 28.9. The summed E-state index contributed by atoms with van der Waals surface area (Å²) in [6.07, 6.45) is -0.650. The fourth-order valence-electron chi connectivity index (χ4n) is 1.77. The maximum absolute atomic E-state index is 12.1. The Balaban J connectivity index is 2.09. The van der Waals surface area contributed by atoms with Crippen molar-refractivity contribution >= 4 is 17.5 Å². The van der Waals surface area contributed by atoms with Gasteiger partial charge in [0.05, 0.1) is 6.54 Å². The van der Waals surface area contributed by atoms with Crippen LogP contribution < -0.4 is 5.32 Å². The number of benzene rings is 1. The predicted octanol–water partition coefficient (Wildman–Crippen LogP) is 1.03. The summed E-state index contributed by atoms with van der Waals surface area (Å²) >= 11 is 0. The normalized spacial score (nSPS) is 18.4. The van der Waals surface area contributed by atoms with Gasteiger partial charge in [0, 0.05) is 17.2 Å². The maximum Gasteiger partial charge on any atom is 0.277 e. The zero-order valence-electron chi connectivity index (χ0n) is 11.5. The number of rotatable bonds is 3. The number of amides is 2. The van der Waals surface area contributed by atoms with E-state index in [9.17, 15) is 14.7 Å². The SMILES string of the molecule is CC(C)C(=O)Nc1cccc(C(=O)N2CC(O)CO2)c1. The molecule has 0 saturated carbocycles. The number of hydrogen-bond donors (Lipinski definition) is 2. The van der Waals surface area contributed by atoms with Gasteiger partial charge in [0.2, 0.25) is 5.91 Å². The monoisotopic (exact) mass is 278 g/mol. The Morgan fingerprint density at radius 1 is 1.45 bits per heavy atom. The summed E-state index contributed by atoms with van der Waals surface area (Å²) in [5.74, 6) is -0.573. The van der Waals surface area contributed by atoms with Gasteiger partial charge in [0.15, 0.2) is 0 Å². The molecule has 6 heteroatoms. The number of β-amino-alcohol motifs (C(OH)–C–C–N with tert-alkyl or cyclic N) is 1. The van der Waals surface area contributed by atoms with Gasteiger partial charge >= 0.3 is 0 Å². The average molecular weight is 278 g/mol. The number of aliphatic hydroxyl groups is 1. The molecule has 1 aliphatic rings. The van der Waals surface area contributed by atoms with Crippen LogP contribution in [0.5, 0.6) is 0 Å². The van der Waals surface area contributed by atoms with E-state index in [4.69, 9.17) is 4.84 Å². The molecule has 0 aliphatic carbocycles. The molecule has 2 rings (SSSR count). The van der Waals surface area contributed by atoms with Crippen molar-refractivity contribution < 1.29 is 19.5 Å². The van der Waals surface area contributed by atoms with E-state index >= 15 is 0 Å². The third-order valence-electron chi connectivity index (χ3n) is 2.93. The van der Waals surface area contributed by atoms with Gasteiger partial charge in [-0.25, -0.2) is 5.06 Å². The first-order valence-corrected chi connectivity index (χ1v) is 6.51. The second kappa shape index (κ2) is 6.02. The molecular weight excluding hydrogens is 260 g/mol. The summed E-state index contributed by atoms with van der Waals surface area (Å²) in [5.41, 5.74) is 0.968. The van der Waals surface area contributed by atoms with E-state index in [1.54, 1.807) is 38.1 Å². The minimum absolute atomic E-state index is 0.109. The first-order valence-electron chi connectivity index (χ1n) is 6.51. The fourth-order valence-corrected chi connectivity index (χ4v) is 1.77. The summed E-state index contributed by atoms with van der Waals surface area (Å²) in [6.45, 7) is 3.87. The third-order valence-corrected chi connectivity index (χ3v) is 2.93. The number of nitrogens with one attached hydrogen (secondary N) is 1. The Morgan fingerprint density at radius 3 is 2.80 bits per heavy atom. The molecule has 1 aromatic rings. The van der Waals surface area contributed by atoms with Crippen LogP contribution in [0.25, 0.3) is 0 Å². The Bertz CT molecular complexity index is 516. The first kappa shape index (κ1) is 14.5. The van der Waals surface area contributed by atoms with E-state index in [0.29, 0.717) is 11.3 Å². The van der Waals surface area contributed by atoms with E-state index in [1.807, 2.05) is 0 Å². The van der Waals surface area contributed by atoms with Crippen molar-refractivity contribution in [2.45, 2.75) is 20.0 Å². The molecule has 0 aromatic heterocycles. The number of hydrogen-bond acceptors (Lipinski definition) is 4. The molecule has 1 aromatic carbocycles. The molecule has 1 heterocycles. The van der Waals surface area contributed by atoms with Crippen molar-refractivity contribution in [2.24, 2.45) is 5.92 Å². The predicted molar refractivity (Wildman–Crippen MR) is 72.9 cm³/mol. The Morgan fingerprint density at radius 2 is 2.20 bits per heavy atom. The number of aliphatic hydroxyl groups excluding tert-OH is 1. The van der Waals surface area contributed by atoms with Crippen LogP contribution in [-0.2, 0) is 9.63 Å². The lowest BCUT2D eigenvalue weighted by atomic mass is 10.1. The minimum Gasteiger partial charge on any atom is -0.389 e. The molecule has 1 unspecified atom stereocenters. The average Bonchev–Trinajstić information content (AvgIpc) is 2.84. The summed E-state index contributed by atoms with van der Waals surface area (Å²) < 4.78 is 0. The van der Waals surface area contributed by atoms with Gasteiger partial charge in [-0.1, -0.05) is 19.9 Å². The van der Waals surface area contributed by atoms with Crippen molar-refractivity contribution in [2.75, 3.05) is 18.5 Å². The van der Waals surface area contributed by atoms with Crippen LogP contribution in [0, 0.1) is 5.92 Å². The number of carbonyl (C=O) groups is 2. The van der Waals surface area contributed by atoms with Crippen molar-refractivity contribution in [1.82, 2.24) is 5.06 Å². The van der Waals surface area contributed by atoms with Gasteiger partial charge in [-0.2, -0.15) is 0 Å². The van der Waals surface area contributed by atoms with Crippen LogP contribution >= 0.6 is 0 Å². The lowest BCUT2D eigenvalue weighted by Crippen LogP contribution is -2.28. The van der Waals surface area contributed by atoms with E-state index in [2.05, 4.69) is 5.32 Å². The molecule has 0 radical (unpaired) electrons. The highest BCUT2D eigenvalue weighted by atomic mass is 16.7. The van der Waals surface area contributed by atoms with E-state index < -0.39 is 6.10 Å². The molecule has 1 fully saturated rings. The van der Waals surface area contributed by atoms with E-state index in [1.165, 1.54) is 0 Å². The number of hydroxylamine groups is 2. The summed E-state index contributed by atoms with van der Waals surface area (Å²) in [7, 11) is 0. The van der Waals surface area contributed by atoms with E-state index in [0.717, 1.165) is 5.06 Å². The summed E-state index contributed by atoms with van der Waals surface area (Å²) in [6, 6.07) is 6.64. The van der Waals surface area contributed by atoms with Crippen LogP contribution in [0.15, 0.2) is 24.3 Å². The Kier molecular flexibility index (Phi) is 4.36. The number of nitrogens with zero attached hydrogens (tertiary/aromatic N) is 1. The van der Waals surface area contributed by atoms with Crippen LogP contribution in [0.2, 0.25) is 0 Å². The molecule has 108 valence electrons. The lowest BCUT2D eigenvalue weighted by Gasteiger charge is -2.14. The second-order valence-corrected chi connectivity index (χ2v) is 5.04. The molecular formula is C14H18N2O4. The van der Waals surface area contributed by atoms with Gasteiger partial charge < -0.3 is 10.4 Å². The highest BCUT2D eigenvalue weighted by Gasteiger charge is 2.27. The molecule has 6 nitrogen and oxygen atoms in total. The van der Waals surface area contributed by atoms with Gasteiger partial charge in [-0.05, 0) is 18.2 Å². The highest BCUT2D eigenvalue weighted by Crippen LogP contribution is 2.16. The van der Waals surface area contributed by atoms with E-state index in [-0.39, 0.29) is 30.9 Å². The highest BCUT2D eigenvalue weighted by molar-refractivity contribution is 5.97. The summed E-state index contributed by atoms with van der Waals surface area (Å²) in [5, 5.41) is 13.2. The van der Waals surface area contributed by atoms with Crippen molar-refractivity contribution in [3.05, 3.63) is 29.8 Å². The molecule has 1 atom stereocenters. The van der Waals surface area contributed by atoms with Crippen molar-refractivity contribution in [3.8, 4) is 0 Å². The van der Waals surface area contributed by atoms with Gasteiger partial charge in [-0.3, -0.25) is 14.4 Å². The van der Waals surface area contributed by atoms with Gasteiger partial charge in [0.1, 0.15) is 12.7 Å². The molecule has 0 bridgehead atoms. The van der Waals surface area contributed by atoms with Crippen molar-refractivity contribution in [1.29, 1.82) is 0 Å². The fraction of sp³-hybridized carbons (Fsp3) is 0.429. The van der Waals surface area contributed by atoms with Crippen LogP contribution in [0.3, 0.4) is 0 Å². The molecule has 1 aliphatic heterocycles. The lowest BCUT2D eigenvalue weighted by molar-refractivity contribution is -0.118. The second-order valence-electron chi connectivity index (χ2n) is 5.04. The molecule has 2 amide bonds. The first-order chi connectivity index (χ1) is 9.47. The largest absolute Gasteiger partial charge is 0.389 e. The zero-order valence-corrected chi connectivity index (χ0v) is 11.5. The molecule has 0 spiro atoms. The Labute approximate surface area is 117 Å². The third kappa shape index (κ3) is 3.34. The van der Waals surface area contributed by atoms with Crippen LogP contribution in [0.1, 0.15) is 24.2 Å². The van der Waals surface area contributed by atoms with Gasteiger partial charge in [-0.15, -0.1) is 0 Å². The van der Waals surface area contributed by atoms with Crippen LogP contribution in [0.4, 0.5) is 5.69 Å². The number of carbonyl (C=O) groups excluding carboxylic acids is 2. The standard InChI is InChI=1S/C14H18N2O4/c1-9(2)13(18)15-11-5-3-4-10(6-11)14(19)16-7-12(17)8-20-16/h3-6,9,12,17H,7-8H2,1-2H3,(H,15,18). The van der Waals surface area contributed by atoms with Crippen molar-refractivity contribution in [3.63, 3.8) is 0 Å². The number of anilines is 1. The maximum atomic E-state index is 12.1. The van der Waals surface area contributed by atoms with Crippen LogP contribution in [-0.4, -0.2) is 41.2 Å². The minimum atomic E-state index is -0.650. The van der Waals surface area contributed by atoms with Gasteiger partial charge in [0.25, 0.3) is 5.91 Å². The quantitative estimate of drug-likeness (QED) is 0.865.